The van der Waals surface area contributed by atoms with Crippen LogP contribution in [0.1, 0.15) is 12.5 Å². The van der Waals surface area contributed by atoms with Crippen LogP contribution in [0, 0.1) is 6.92 Å². The highest BCUT2D eigenvalue weighted by atomic mass is 35.5. The van der Waals surface area contributed by atoms with E-state index in [1.165, 1.54) is 18.2 Å². The molecule has 0 aliphatic carbocycles. The second-order valence-electron chi connectivity index (χ2n) is 6.28. The largest absolute Gasteiger partial charge is 0.482 e. The maximum atomic E-state index is 12.5. The Morgan fingerprint density at radius 3 is 2.46 bits per heavy atom. The molecule has 1 atom stereocenters. The van der Waals surface area contributed by atoms with Gasteiger partial charge >= 0.3 is 0 Å². The van der Waals surface area contributed by atoms with Crippen LogP contribution in [-0.2, 0) is 19.6 Å². The first kappa shape index (κ1) is 22.0. The van der Waals surface area contributed by atoms with Gasteiger partial charge in [-0.1, -0.05) is 29.3 Å². The van der Waals surface area contributed by atoms with Gasteiger partial charge in [0.25, 0.3) is 15.9 Å². The van der Waals surface area contributed by atoms with E-state index in [0.717, 1.165) is 5.56 Å². The fraction of sp³-hybridized carbons (Fsp3) is 0.316. The summed E-state index contributed by atoms with van der Waals surface area (Å²) in [5, 5.41) is 2.79. The zero-order valence-corrected chi connectivity index (χ0v) is 17.4. The number of aryl methyl sites for hydroxylation is 1. The third-order valence-corrected chi connectivity index (χ3v) is 5.37. The van der Waals surface area contributed by atoms with Gasteiger partial charge in [-0.15, -0.1) is 0 Å². The lowest BCUT2D eigenvalue weighted by molar-refractivity contribution is -0.124. The molecule has 28 heavy (non-hydrogen) atoms. The molecule has 0 heterocycles. The van der Waals surface area contributed by atoms with Crippen LogP contribution in [0.5, 0.6) is 5.75 Å². The summed E-state index contributed by atoms with van der Waals surface area (Å²) in [5.41, 5.74) is 1.47. The first-order chi connectivity index (χ1) is 13.2. The van der Waals surface area contributed by atoms with Crippen molar-refractivity contribution in [1.82, 2.24) is 5.32 Å². The molecule has 2 aromatic carbocycles. The number of rotatable bonds is 9. The number of hydrogen-bond donors (Lipinski definition) is 2. The van der Waals surface area contributed by atoms with Crippen LogP contribution in [-0.4, -0.2) is 40.7 Å². The van der Waals surface area contributed by atoms with Gasteiger partial charge in [0.15, 0.2) is 6.61 Å². The summed E-state index contributed by atoms with van der Waals surface area (Å²) < 4.78 is 37.8. The maximum Gasteiger partial charge on any atom is 0.261 e. The van der Waals surface area contributed by atoms with Crippen LogP contribution in [0.25, 0.3) is 0 Å². The number of ether oxygens (including phenoxy) is 2. The van der Waals surface area contributed by atoms with Gasteiger partial charge in [-0.2, -0.15) is 0 Å². The normalized spacial score (nSPS) is 12.3. The Bertz CT molecular complexity index is 916. The molecular weight excluding hydrogens is 404 g/mol. The lowest BCUT2D eigenvalue weighted by atomic mass is 10.2. The van der Waals surface area contributed by atoms with Gasteiger partial charge in [-0.3, -0.25) is 9.52 Å². The molecule has 9 heteroatoms. The number of carbonyl (C=O) groups excluding carboxylic acids is 1. The Morgan fingerprint density at radius 1 is 1.18 bits per heavy atom. The monoisotopic (exact) mass is 426 g/mol. The van der Waals surface area contributed by atoms with Crippen LogP contribution in [0.4, 0.5) is 5.69 Å². The maximum absolute atomic E-state index is 12.5. The molecule has 0 saturated carbocycles. The number of halogens is 1. The van der Waals surface area contributed by atoms with Gasteiger partial charge in [0.1, 0.15) is 5.75 Å². The molecule has 0 saturated heterocycles. The van der Waals surface area contributed by atoms with Gasteiger partial charge in [0.05, 0.1) is 16.5 Å². The molecule has 0 bridgehead atoms. The number of methoxy groups -OCH3 is 1. The summed E-state index contributed by atoms with van der Waals surface area (Å²) in [5.74, 6) is -0.121. The number of hydrogen-bond acceptors (Lipinski definition) is 5. The molecule has 0 spiro atoms. The topological polar surface area (TPSA) is 93.7 Å². The number of amides is 1. The summed E-state index contributed by atoms with van der Waals surface area (Å²) in [4.78, 5) is 11.8. The van der Waals surface area contributed by atoms with Crippen LogP contribution >= 0.6 is 11.6 Å². The van der Waals surface area contributed by atoms with E-state index in [9.17, 15) is 13.2 Å². The first-order valence-corrected chi connectivity index (χ1v) is 10.4. The molecule has 0 radical (unpaired) electrons. The number of anilines is 1. The molecule has 0 aliphatic heterocycles. The summed E-state index contributed by atoms with van der Waals surface area (Å²) in [6, 6.07) is 10.9. The predicted octanol–water partition coefficient (Wildman–Crippen LogP) is 2.98. The average molecular weight is 427 g/mol. The van der Waals surface area contributed by atoms with Crippen molar-refractivity contribution in [2.75, 3.05) is 25.0 Å². The molecule has 0 unspecified atom stereocenters. The van der Waals surface area contributed by atoms with Crippen molar-refractivity contribution in [2.24, 2.45) is 0 Å². The fourth-order valence-corrected chi connectivity index (χ4v) is 3.74. The molecule has 0 fully saturated rings. The zero-order valence-electron chi connectivity index (χ0n) is 15.9. The summed E-state index contributed by atoms with van der Waals surface area (Å²) in [7, 11) is -2.26. The van der Waals surface area contributed by atoms with Gasteiger partial charge < -0.3 is 14.8 Å². The highest BCUT2D eigenvalue weighted by Gasteiger charge is 2.17. The van der Waals surface area contributed by atoms with Crippen LogP contribution in [0.15, 0.2) is 47.4 Å². The highest BCUT2D eigenvalue weighted by Crippen LogP contribution is 2.28. The molecule has 0 aromatic heterocycles. The molecule has 2 N–H and O–H groups in total. The standard InChI is InChI=1S/C19H23ClN2O5S/c1-13-4-6-15(7-5-13)22-28(24,25)16-8-9-18(17(20)10-16)27-12-19(23)21-14(2)11-26-3/h4-10,14,22H,11-12H2,1-3H3,(H,21,23)/t14-/m0/s1. The van der Waals surface area contributed by atoms with E-state index in [4.69, 9.17) is 21.1 Å². The molecule has 2 rings (SSSR count). The third kappa shape index (κ3) is 6.40. The number of nitrogens with one attached hydrogen (secondary N) is 2. The van der Waals surface area contributed by atoms with Gasteiger partial charge in [-0.25, -0.2) is 8.42 Å². The van der Waals surface area contributed by atoms with Crippen molar-refractivity contribution >= 4 is 33.2 Å². The Hall–Kier alpha value is -2.29. The second kappa shape index (κ2) is 9.77. The minimum absolute atomic E-state index is 0.0106. The van der Waals surface area contributed by atoms with Gasteiger partial charge in [-0.05, 0) is 44.2 Å². The van der Waals surface area contributed by atoms with E-state index in [2.05, 4.69) is 10.0 Å². The van der Waals surface area contributed by atoms with E-state index in [1.54, 1.807) is 38.3 Å². The quantitative estimate of drug-likeness (QED) is 0.642. The SMILES string of the molecule is COC[C@H](C)NC(=O)COc1ccc(S(=O)(=O)Nc2ccc(C)cc2)cc1Cl. The summed E-state index contributed by atoms with van der Waals surface area (Å²) in [6.45, 7) is 3.85. The first-order valence-electron chi connectivity index (χ1n) is 8.51. The smallest absolute Gasteiger partial charge is 0.261 e. The molecule has 7 nitrogen and oxygen atoms in total. The Balaban J connectivity index is 2.02. The Kier molecular flexibility index (Phi) is 7.68. The lowest BCUT2D eigenvalue weighted by Crippen LogP contribution is -2.38. The lowest BCUT2D eigenvalue weighted by Gasteiger charge is -2.14. The summed E-state index contributed by atoms with van der Waals surface area (Å²) >= 11 is 6.13. The van der Waals surface area contributed by atoms with Gasteiger partial charge in [0.2, 0.25) is 0 Å². The van der Waals surface area contributed by atoms with Crippen LogP contribution < -0.4 is 14.8 Å². The minimum Gasteiger partial charge on any atom is -0.482 e. The van der Waals surface area contributed by atoms with Gasteiger partial charge in [0, 0.05) is 18.8 Å². The average Bonchev–Trinajstić information content (AvgIpc) is 2.62. The molecule has 2 aromatic rings. The van der Waals surface area contributed by atoms with E-state index < -0.39 is 10.0 Å². The van der Waals surface area contributed by atoms with Crippen molar-refractivity contribution in [3.63, 3.8) is 0 Å². The van der Waals surface area contributed by atoms with E-state index >= 15 is 0 Å². The van der Waals surface area contributed by atoms with Crippen molar-refractivity contribution in [3.05, 3.63) is 53.1 Å². The third-order valence-electron chi connectivity index (χ3n) is 3.70. The van der Waals surface area contributed by atoms with E-state index in [0.29, 0.717) is 12.3 Å². The van der Waals surface area contributed by atoms with Crippen molar-refractivity contribution in [3.8, 4) is 5.75 Å². The molecule has 1 amide bonds. The molecule has 0 aliphatic rings. The number of sulfonamides is 1. The second-order valence-corrected chi connectivity index (χ2v) is 8.37. The van der Waals surface area contributed by atoms with Crippen LogP contribution in [0.3, 0.4) is 0 Å². The molecular formula is C19H23ClN2O5S. The zero-order chi connectivity index (χ0) is 20.7. The highest BCUT2D eigenvalue weighted by molar-refractivity contribution is 7.92. The fourth-order valence-electron chi connectivity index (χ4n) is 2.35. The molecule has 152 valence electrons. The number of benzene rings is 2. The van der Waals surface area contributed by atoms with Crippen LogP contribution in [0.2, 0.25) is 5.02 Å². The van der Waals surface area contributed by atoms with Crippen molar-refractivity contribution in [2.45, 2.75) is 24.8 Å². The number of carbonyl (C=O) groups is 1. The van der Waals surface area contributed by atoms with Crippen molar-refractivity contribution < 1.29 is 22.7 Å². The minimum atomic E-state index is -3.80. The van der Waals surface area contributed by atoms with E-state index in [1.807, 2.05) is 6.92 Å². The Morgan fingerprint density at radius 2 is 1.86 bits per heavy atom. The van der Waals surface area contributed by atoms with E-state index in [-0.39, 0.29) is 34.2 Å². The Labute approximate surface area is 170 Å². The predicted molar refractivity (Wildman–Crippen MR) is 108 cm³/mol. The summed E-state index contributed by atoms with van der Waals surface area (Å²) in [6.07, 6.45) is 0. The van der Waals surface area contributed by atoms with Crippen molar-refractivity contribution in [1.29, 1.82) is 0 Å².